The number of carbonyl (C=O) groups is 4. The van der Waals surface area contributed by atoms with E-state index in [-0.39, 0.29) is 42.8 Å². The molecule has 44 heavy (non-hydrogen) atoms. The number of esters is 1. The number of fused-ring (bicyclic) bond motifs is 1. The van der Waals surface area contributed by atoms with Crippen LogP contribution in [0, 0.1) is 11.8 Å². The van der Waals surface area contributed by atoms with Crippen LogP contribution >= 0.6 is 15.9 Å². The third kappa shape index (κ3) is 6.23. The number of nitrogens with one attached hydrogen (secondary N) is 1. The number of aliphatic hydroxyl groups is 1. The molecule has 0 saturated carbocycles. The van der Waals surface area contributed by atoms with Gasteiger partial charge in [-0.3, -0.25) is 19.2 Å². The maximum absolute atomic E-state index is 14.4. The molecule has 1 aromatic rings. The van der Waals surface area contributed by atoms with Gasteiger partial charge in [0.2, 0.25) is 17.7 Å². The second kappa shape index (κ2) is 13.5. The topological polar surface area (TPSA) is 125 Å². The first-order chi connectivity index (χ1) is 20.8. The van der Waals surface area contributed by atoms with Crippen molar-refractivity contribution in [1.82, 2.24) is 15.1 Å². The molecule has 0 aliphatic carbocycles. The van der Waals surface area contributed by atoms with E-state index in [1.165, 1.54) is 4.90 Å². The number of hydrogen-bond donors (Lipinski definition) is 2. The maximum atomic E-state index is 14.4. The van der Waals surface area contributed by atoms with E-state index in [1.54, 1.807) is 36.1 Å². The zero-order valence-corrected chi connectivity index (χ0v) is 27.5. The summed E-state index contributed by atoms with van der Waals surface area (Å²) in [7, 11) is 0. The molecule has 240 valence electrons. The van der Waals surface area contributed by atoms with Crippen LogP contribution in [0.3, 0.4) is 0 Å². The predicted octanol–water partition coefficient (Wildman–Crippen LogP) is 3.30. The fourth-order valence-electron chi connectivity index (χ4n) is 6.79. The van der Waals surface area contributed by atoms with Gasteiger partial charge in [-0.1, -0.05) is 58.4 Å². The minimum absolute atomic E-state index is 0.0440. The Morgan fingerprint density at radius 1 is 1.25 bits per heavy atom. The molecule has 11 heteroatoms. The summed E-state index contributed by atoms with van der Waals surface area (Å²) in [5.74, 6) is -3.58. The molecule has 3 saturated heterocycles. The molecule has 3 fully saturated rings. The summed E-state index contributed by atoms with van der Waals surface area (Å²) in [6, 6.07) is 7.33. The molecular weight excluding hydrogens is 630 g/mol. The number of alkyl halides is 1. The number of carbonyl (C=O) groups excluding carboxylic acids is 4. The lowest BCUT2D eigenvalue weighted by molar-refractivity contribution is -0.161. The molecule has 3 amide bonds. The Hall–Kier alpha value is -3.02. The van der Waals surface area contributed by atoms with Crippen molar-refractivity contribution in [3.05, 3.63) is 61.2 Å². The Morgan fingerprint density at radius 2 is 1.93 bits per heavy atom. The Labute approximate surface area is 267 Å². The minimum atomic E-state index is -1.30. The van der Waals surface area contributed by atoms with Crippen molar-refractivity contribution in [3.63, 3.8) is 0 Å². The standard InChI is InChI=1S/C33H44BrN3O7/c1-7-9-15-24(39)35-18-23(21-13-11-10-12-14-21)43-31(42)25-26-29(40)37(20(3)19-38)28(33(26)17-22(34)27(25)44-33)30(41)36(16-8-2)32(4,5)6/h7-8,10-14,20,22-23,25-28,38H,1-2,9,15-19H2,3-6H3,(H,35,39)/t20-,22?,23-,25+,26-,27+,28+,33-/m1/s1. The zero-order chi connectivity index (χ0) is 32.4. The fraction of sp³-hybridized carbons (Fsp3) is 0.576. The van der Waals surface area contributed by atoms with Crippen molar-refractivity contribution in [2.45, 2.75) is 87.2 Å². The molecule has 0 aromatic heterocycles. The molecule has 10 nitrogen and oxygen atoms in total. The number of aliphatic hydroxyl groups excluding tert-OH is 1. The summed E-state index contributed by atoms with van der Waals surface area (Å²) in [6.07, 6.45) is 2.87. The van der Waals surface area contributed by atoms with Crippen LogP contribution in [0.4, 0.5) is 0 Å². The van der Waals surface area contributed by atoms with Gasteiger partial charge in [0.05, 0.1) is 37.1 Å². The van der Waals surface area contributed by atoms with Crippen LogP contribution in [0.5, 0.6) is 0 Å². The number of ether oxygens (including phenoxy) is 2. The van der Waals surface area contributed by atoms with Gasteiger partial charge in [-0.05, 0) is 46.1 Å². The van der Waals surface area contributed by atoms with E-state index in [9.17, 15) is 24.3 Å². The van der Waals surface area contributed by atoms with Crippen molar-refractivity contribution in [1.29, 1.82) is 0 Å². The smallest absolute Gasteiger partial charge is 0.313 e. The van der Waals surface area contributed by atoms with Crippen LogP contribution < -0.4 is 5.32 Å². The van der Waals surface area contributed by atoms with Crippen molar-refractivity contribution in [3.8, 4) is 0 Å². The molecule has 8 atom stereocenters. The molecule has 0 radical (unpaired) electrons. The molecule has 1 unspecified atom stereocenters. The van der Waals surface area contributed by atoms with Crippen LogP contribution in [0.1, 0.15) is 58.6 Å². The van der Waals surface area contributed by atoms with Gasteiger partial charge in [-0.15, -0.1) is 13.2 Å². The van der Waals surface area contributed by atoms with E-state index >= 15 is 0 Å². The van der Waals surface area contributed by atoms with E-state index in [2.05, 4.69) is 34.4 Å². The first-order valence-electron chi connectivity index (χ1n) is 15.1. The number of rotatable bonds is 13. The number of amides is 3. The van der Waals surface area contributed by atoms with Crippen LogP contribution in [0.15, 0.2) is 55.6 Å². The molecule has 3 aliphatic heterocycles. The highest BCUT2D eigenvalue weighted by molar-refractivity contribution is 9.09. The summed E-state index contributed by atoms with van der Waals surface area (Å²) >= 11 is 3.68. The normalized spacial score (nSPS) is 28.6. The summed E-state index contributed by atoms with van der Waals surface area (Å²) in [4.78, 5) is 57.9. The second-order valence-electron chi connectivity index (χ2n) is 12.8. The Morgan fingerprint density at radius 3 is 2.52 bits per heavy atom. The van der Waals surface area contributed by atoms with Crippen molar-refractivity contribution in [2.75, 3.05) is 19.7 Å². The van der Waals surface area contributed by atoms with E-state index in [1.807, 2.05) is 39.0 Å². The third-order valence-electron chi connectivity index (χ3n) is 8.85. The maximum Gasteiger partial charge on any atom is 0.313 e. The third-order valence-corrected chi connectivity index (χ3v) is 9.69. The van der Waals surface area contributed by atoms with Gasteiger partial charge >= 0.3 is 5.97 Å². The highest BCUT2D eigenvalue weighted by atomic mass is 79.9. The van der Waals surface area contributed by atoms with E-state index < -0.39 is 59.1 Å². The number of nitrogens with zero attached hydrogens (tertiary/aromatic N) is 2. The fourth-order valence-corrected chi connectivity index (χ4v) is 7.73. The molecule has 4 rings (SSSR count). The number of benzene rings is 1. The monoisotopic (exact) mass is 673 g/mol. The van der Waals surface area contributed by atoms with Crippen LogP contribution in [0.2, 0.25) is 0 Å². The Bertz CT molecular complexity index is 1270. The molecule has 2 N–H and O–H groups in total. The number of allylic oxidation sites excluding steroid dienone is 1. The van der Waals surface area contributed by atoms with E-state index in [0.717, 1.165) is 0 Å². The lowest BCUT2D eigenvalue weighted by Gasteiger charge is -2.43. The molecule has 3 heterocycles. The average molecular weight is 675 g/mol. The van der Waals surface area contributed by atoms with Gasteiger partial charge in [-0.2, -0.15) is 0 Å². The summed E-state index contributed by atoms with van der Waals surface area (Å²) in [6.45, 7) is 14.8. The van der Waals surface area contributed by atoms with Crippen LogP contribution in [-0.4, -0.2) is 92.4 Å². The van der Waals surface area contributed by atoms with Gasteiger partial charge in [0.1, 0.15) is 17.7 Å². The Balaban J connectivity index is 1.69. The van der Waals surface area contributed by atoms with Gasteiger partial charge in [-0.25, -0.2) is 0 Å². The number of hydrogen-bond acceptors (Lipinski definition) is 7. The summed E-state index contributed by atoms with van der Waals surface area (Å²) < 4.78 is 12.7. The van der Waals surface area contributed by atoms with Gasteiger partial charge in [0.25, 0.3) is 0 Å². The molecule has 1 aromatic carbocycles. The van der Waals surface area contributed by atoms with Crippen molar-refractivity contribution >= 4 is 39.6 Å². The average Bonchev–Trinajstić information content (AvgIpc) is 3.59. The van der Waals surface area contributed by atoms with Crippen LogP contribution in [0.25, 0.3) is 0 Å². The van der Waals surface area contributed by atoms with Crippen molar-refractivity contribution in [2.24, 2.45) is 11.8 Å². The molecule has 2 bridgehead atoms. The summed E-state index contributed by atoms with van der Waals surface area (Å²) in [5, 5.41) is 13.0. The molecule has 1 spiro atoms. The second-order valence-corrected chi connectivity index (χ2v) is 14.0. The highest BCUT2D eigenvalue weighted by Crippen LogP contribution is 2.61. The highest BCUT2D eigenvalue weighted by Gasteiger charge is 2.77. The quantitative estimate of drug-likeness (QED) is 0.187. The van der Waals surface area contributed by atoms with E-state index in [0.29, 0.717) is 18.4 Å². The summed E-state index contributed by atoms with van der Waals surface area (Å²) in [5.41, 5.74) is -1.21. The largest absolute Gasteiger partial charge is 0.455 e. The number of likely N-dealkylation sites (tertiary alicyclic amines) is 1. The SMILES string of the molecule is C=CCCC(=O)NC[C@@H](OC(=O)[C@@H]1[C@H]2O[C@@]3(CC2Br)[C@H](C(=O)N(CC=C)C(C)(C)C)N([C@H](C)CO)C(=O)[C@@H]13)c1ccccc1. The lowest BCUT2D eigenvalue weighted by Crippen LogP contribution is -2.61. The first kappa shape index (κ1) is 33.9. The van der Waals surface area contributed by atoms with E-state index in [4.69, 9.17) is 9.47 Å². The Kier molecular flexibility index (Phi) is 10.4. The number of halogens is 1. The zero-order valence-electron chi connectivity index (χ0n) is 25.9. The van der Waals surface area contributed by atoms with Gasteiger partial charge in [0, 0.05) is 23.3 Å². The molecule has 3 aliphatic rings. The molecular formula is C33H44BrN3O7. The van der Waals surface area contributed by atoms with Crippen LogP contribution in [-0.2, 0) is 28.7 Å². The van der Waals surface area contributed by atoms with Crippen molar-refractivity contribution < 1.29 is 33.8 Å². The predicted molar refractivity (Wildman–Crippen MR) is 168 cm³/mol. The van der Waals surface area contributed by atoms with Gasteiger partial charge < -0.3 is 29.7 Å². The van der Waals surface area contributed by atoms with Gasteiger partial charge in [0.15, 0.2) is 0 Å². The minimum Gasteiger partial charge on any atom is -0.455 e. The lowest BCUT2D eigenvalue weighted by atomic mass is 9.70. The first-order valence-corrected chi connectivity index (χ1v) is 16.0.